The second-order valence-electron chi connectivity index (χ2n) is 8.28. The van der Waals surface area contributed by atoms with E-state index in [1.807, 2.05) is 23.1 Å². The van der Waals surface area contributed by atoms with Gasteiger partial charge in [0.05, 0.1) is 21.7 Å². The molecule has 0 spiro atoms. The van der Waals surface area contributed by atoms with E-state index >= 15 is 0 Å². The second-order valence-corrected chi connectivity index (χ2v) is 11.3. The van der Waals surface area contributed by atoms with Crippen LogP contribution in [0.15, 0.2) is 53.4 Å². The van der Waals surface area contributed by atoms with E-state index < -0.39 is 10.0 Å². The summed E-state index contributed by atoms with van der Waals surface area (Å²) in [4.78, 5) is 22.1. The number of nitrogens with zero attached hydrogens (tertiary/aromatic N) is 4. The van der Waals surface area contributed by atoms with Crippen molar-refractivity contribution in [1.29, 1.82) is 0 Å². The summed E-state index contributed by atoms with van der Waals surface area (Å²) in [5.41, 5.74) is 1.57. The summed E-state index contributed by atoms with van der Waals surface area (Å²) in [6, 6.07) is 14.6. The van der Waals surface area contributed by atoms with E-state index in [1.54, 1.807) is 35.6 Å². The maximum atomic E-state index is 12.9. The van der Waals surface area contributed by atoms with Crippen LogP contribution in [0.25, 0.3) is 10.2 Å². The van der Waals surface area contributed by atoms with Crippen molar-refractivity contribution >= 4 is 37.5 Å². The fourth-order valence-corrected chi connectivity index (χ4v) is 6.84. The summed E-state index contributed by atoms with van der Waals surface area (Å²) < 4.78 is 28.1. The van der Waals surface area contributed by atoms with Gasteiger partial charge in [0, 0.05) is 44.8 Å². The molecular formula is C23H26N4O3S2. The molecular weight excluding hydrogens is 444 g/mol. The minimum atomic E-state index is -3.46. The number of rotatable bonds is 5. The normalized spacial score (nSPS) is 18.4. The van der Waals surface area contributed by atoms with Crippen LogP contribution in [0.3, 0.4) is 0 Å². The molecule has 0 bridgehead atoms. The molecule has 2 aromatic carbocycles. The Bertz CT molecular complexity index is 1180. The summed E-state index contributed by atoms with van der Waals surface area (Å²) in [5.74, 6) is -0.0465. The highest BCUT2D eigenvalue weighted by Crippen LogP contribution is 2.24. The lowest BCUT2D eigenvalue weighted by Gasteiger charge is -2.34. The van der Waals surface area contributed by atoms with Gasteiger partial charge < -0.3 is 4.90 Å². The zero-order valence-corrected chi connectivity index (χ0v) is 19.4. The summed E-state index contributed by atoms with van der Waals surface area (Å²) in [6.07, 6.45) is 1.81. The number of piperazine rings is 1. The molecule has 9 heteroatoms. The van der Waals surface area contributed by atoms with Crippen LogP contribution >= 0.6 is 11.3 Å². The predicted molar refractivity (Wildman–Crippen MR) is 125 cm³/mol. The Hall–Kier alpha value is -2.33. The third-order valence-electron chi connectivity index (χ3n) is 6.16. The van der Waals surface area contributed by atoms with Crippen LogP contribution < -0.4 is 0 Å². The molecule has 0 unspecified atom stereocenters. The first-order valence-electron chi connectivity index (χ1n) is 11.0. The average Bonchev–Trinajstić information content (AvgIpc) is 3.49. The molecule has 2 saturated heterocycles. The summed E-state index contributed by atoms with van der Waals surface area (Å²) in [6.45, 7) is 4.83. The van der Waals surface area contributed by atoms with Gasteiger partial charge in [0.15, 0.2) is 0 Å². The summed E-state index contributed by atoms with van der Waals surface area (Å²) in [5, 5.41) is 1.10. The van der Waals surface area contributed by atoms with Crippen molar-refractivity contribution in [2.45, 2.75) is 24.3 Å². The van der Waals surface area contributed by atoms with E-state index in [1.165, 1.54) is 9.01 Å². The number of benzene rings is 2. The van der Waals surface area contributed by atoms with Gasteiger partial charge in [-0.15, -0.1) is 11.3 Å². The first-order valence-corrected chi connectivity index (χ1v) is 13.2. The molecule has 1 aromatic heterocycles. The highest BCUT2D eigenvalue weighted by atomic mass is 32.2. The van der Waals surface area contributed by atoms with Crippen LogP contribution in [0, 0.1) is 0 Å². The third-order valence-corrected chi connectivity index (χ3v) is 9.09. The Labute approximate surface area is 192 Å². The van der Waals surface area contributed by atoms with Gasteiger partial charge in [-0.25, -0.2) is 13.4 Å². The van der Waals surface area contributed by atoms with E-state index in [2.05, 4.69) is 11.0 Å². The largest absolute Gasteiger partial charge is 0.336 e. The number of hydrogen-bond acceptors (Lipinski definition) is 6. The molecule has 2 aliphatic rings. The van der Waals surface area contributed by atoms with E-state index in [0.717, 1.165) is 43.0 Å². The van der Waals surface area contributed by atoms with Gasteiger partial charge in [0.2, 0.25) is 10.0 Å². The lowest BCUT2D eigenvalue weighted by molar-refractivity contribution is 0.0628. The molecule has 2 aliphatic heterocycles. The van der Waals surface area contributed by atoms with Crippen LogP contribution in [-0.4, -0.2) is 72.7 Å². The van der Waals surface area contributed by atoms with Gasteiger partial charge in [-0.1, -0.05) is 12.1 Å². The van der Waals surface area contributed by atoms with Crippen LogP contribution in [0.1, 0.15) is 28.2 Å². The highest BCUT2D eigenvalue weighted by molar-refractivity contribution is 7.89. The first kappa shape index (κ1) is 21.5. The zero-order chi connectivity index (χ0) is 22.1. The minimum Gasteiger partial charge on any atom is -0.336 e. The predicted octanol–water partition coefficient (Wildman–Crippen LogP) is 3.04. The molecule has 1 amide bonds. The smallest absolute Gasteiger partial charge is 0.253 e. The highest BCUT2D eigenvalue weighted by Gasteiger charge is 2.28. The molecule has 0 saturated carbocycles. The molecule has 7 nitrogen and oxygen atoms in total. The number of amides is 1. The lowest BCUT2D eigenvalue weighted by atomic mass is 10.2. The number of carbonyl (C=O) groups excluding carboxylic acids is 1. The first-order chi connectivity index (χ1) is 15.5. The minimum absolute atomic E-state index is 0.0465. The number of hydrogen-bond donors (Lipinski definition) is 0. The van der Waals surface area contributed by atoms with Gasteiger partial charge in [0.1, 0.15) is 5.01 Å². The number of carbonyl (C=O) groups is 1. The van der Waals surface area contributed by atoms with Gasteiger partial charge in [-0.05, 0) is 49.2 Å². The van der Waals surface area contributed by atoms with Crippen molar-refractivity contribution in [3.05, 3.63) is 59.1 Å². The lowest BCUT2D eigenvalue weighted by Crippen LogP contribution is -2.48. The molecule has 3 heterocycles. The van der Waals surface area contributed by atoms with Gasteiger partial charge in [-0.2, -0.15) is 4.31 Å². The van der Waals surface area contributed by atoms with Crippen molar-refractivity contribution in [2.75, 3.05) is 39.3 Å². The summed E-state index contributed by atoms with van der Waals surface area (Å²) in [7, 11) is -3.46. The van der Waals surface area contributed by atoms with Crippen molar-refractivity contribution in [2.24, 2.45) is 0 Å². The van der Waals surface area contributed by atoms with Crippen LogP contribution in [0.2, 0.25) is 0 Å². The molecule has 5 rings (SSSR count). The van der Waals surface area contributed by atoms with Gasteiger partial charge in [-0.3, -0.25) is 9.69 Å². The van der Waals surface area contributed by atoms with Gasteiger partial charge in [0.25, 0.3) is 5.91 Å². The average molecular weight is 471 g/mol. The molecule has 32 heavy (non-hydrogen) atoms. The Morgan fingerprint density at radius 1 is 0.906 bits per heavy atom. The van der Waals surface area contributed by atoms with E-state index in [9.17, 15) is 13.2 Å². The maximum Gasteiger partial charge on any atom is 0.253 e. The fourth-order valence-electron chi connectivity index (χ4n) is 4.32. The van der Waals surface area contributed by atoms with Gasteiger partial charge >= 0.3 is 0 Å². The Kier molecular flexibility index (Phi) is 5.98. The third kappa shape index (κ3) is 4.30. The Morgan fingerprint density at radius 2 is 1.59 bits per heavy atom. The second kappa shape index (κ2) is 8.90. The van der Waals surface area contributed by atoms with Crippen molar-refractivity contribution in [3.63, 3.8) is 0 Å². The topological polar surface area (TPSA) is 73.8 Å². The Morgan fingerprint density at radius 3 is 2.28 bits per heavy atom. The molecule has 0 aliphatic carbocycles. The van der Waals surface area contributed by atoms with Crippen molar-refractivity contribution in [1.82, 2.24) is 19.1 Å². The maximum absolute atomic E-state index is 12.9. The monoisotopic (exact) mass is 470 g/mol. The van der Waals surface area contributed by atoms with Crippen molar-refractivity contribution < 1.29 is 13.2 Å². The quantitative estimate of drug-likeness (QED) is 0.573. The molecule has 0 N–H and O–H groups in total. The number of sulfonamides is 1. The number of aromatic nitrogens is 1. The number of para-hydroxylation sites is 1. The SMILES string of the molecule is O=C(c1ccc(S(=O)(=O)N2CCCC2)cc1)N1CCN(Cc2nc3ccccc3s2)CC1. The zero-order valence-electron chi connectivity index (χ0n) is 17.8. The van der Waals surface area contributed by atoms with Crippen LogP contribution in [0.5, 0.6) is 0 Å². The Balaban J connectivity index is 1.19. The van der Waals surface area contributed by atoms with Crippen LogP contribution in [0.4, 0.5) is 0 Å². The van der Waals surface area contributed by atoms with E-state index in [4.69, 9.17) is 4.98 Å². The van der Waals surface area contributed by atoms with E-state index in [0.29, 0.717) is 31.7 Å². The fraction of sp³-hybridized carbons (Fsp3) is 0.391. The number of thiazole rings is 1. The summed E-state index contributed by atoms with van der Waals surface area (Å²) >= 11 is 1.72. The molecule has 2 fully saturated rings. The van der Waals surface area contributed by atoms with Crippen molar-refractivity contribution in [3.8, 4) is 0 Å². The molecule has 3 aromatic rings. The van der Waals surface area contributed by atoms with Crippen LogP contribution in [-0.2, 0) is 16.6 Å². The van der Waals surface area contributed by atoms with E-state index in [-0.39, 0.29) is 10.8 Å². The number of fused-ring (bicyclic) bond motifs is 1. The molecule has 0 atom stereocenters. The standard InChI is InChI=1S/C23H26N4O3S2/c28-23(18-7-9-19(10-8-18)32(29,30)27-11-3-4-12-27)26-15-13-25(14-16-26)17-22-24-20-5-1-2-6-21(20)31-22/h1-2,5-10H,3-4,11-17H2. The molecule has 0 radical (unpaired) electrons. The molecule has 168 valence electrons.